The lowest BCUT2D eigenvalue weighted by Gasteiger charge is -2.20. The molecule has 0 atom stereocenters. The average molecular weight is 732 g/mol. The Morgan fingerprint density at radius 1 is 0.304 bits per heavy atom. The van der Waals surface area contributed by atoms with E-state index in [1.807, 2.05) is 12.4 Å². The predicted octanol–water partition coefficient (Wildman–Crippen LogP) is 15.5. The zero-order valence-corrected chi connectivity index (χ0v) is 35.1. The number of pyridine rings is 1. The van der Waals surface area contributed by atoms with Crippen LogP contribution >= 0.6 is 0 Å². The van der Waals surface area contributed by atoms with Gasteiger partial charge in [-0.05, 0) is 143 Å². The van der Waals surface area contributed by atoms with Crippen LogP contribution in [0.4, 0.5) is 0 Å². The fourth-order valence-corrected chi connectivity index (χ4v) is 7.43. The Morgan fingerprint density at radius 3 is 0.786 bits per heavy atom. The maximum Gasteiger partial charge on any atom is 0.0346 e. The minimum Gasteiger partial charge on any atom is -0.263 e. The number of benzene rings is 6. The van der Waals surface area contributed by atoms with Gasteiger partial charge in [-0.25, -0.2) is 0 Å². The smallest absolute Gasteiger partial charge is 0.0346 e. The minimum absolute atomic E-state index is 0.0957. The summed E-state index contributed by atoms with van der Waals surface area (Å²) in [7, 11) is 0. The third kappa shape index (κ3) is 8.63. The second-order valence-corrected chi connectivity index (χ2v) is 18.6. The van der Waals surface area contributed by atoms with Crippen LogP contribution < -0.4 is 0 Å². The quantitative estimate of drug-likeness (QED) is 0.159. The molecule has 282 valence electrons. The Labute approximate surface area is 336 Å². The van der Waals surface area contributed by atoms with E-state index in [0.29, 0.717) is 0 Å². The van der Waals surface area contributed by atoms with Crippen molar-refractivity contribution in [1.29, 1.82) is 0 Å². The van der Waals surface area contributed by atoms with Gasteiger partial charge in [0.15, 0.2) is 0 Å². The van der Waals surface area contributed by atoms with Gasteiger partial charge in [0.2, 0.25) is 0 Å². The molecule has 0 amide bonds. The molecule has 0 bridgehead atoms. The molecule has 0 saturated heterocycles. The van der Waals surface area contributed by atoms with Crippen LogP contribution in [0.5, 0.6) is 0 Å². The van der Waals surface area contributed by atoms with Crippen molar-refractivity contribution in [2.45, 2.75) is 91.9 Å². The predicted molar refractivity (Wildman–Crippen MR) is 242 cm³/mol. The van der Waals surface area contributed by atoms with Crippen molar-refractivity contribution in [3.05, 3.63) is 174 Å². The third-order valence-electron chi connectivity index (χ3n) is 11.2. The highest BCUT2D eigenvalue weighted by Crippen LogP contribution is 2.38. The molecule has 0 saturated carbocycles. The molecule has 1 heteroatoms. The summed E-state index contributed by atoms with van der Waals surface area (Å²) in [5.74, 6) is 0. The molecule has 0 aliphatic carbocycles. The van der Waals surface area contributed by atoms with Crippen LogP contribution in [0, 0.1) is 0 Å². The molecule has 0 spiro atoms. The van der Waals surface area contributed by atoms with Crippen LogP contribution in [0.25, 0.3) is 66.8 Å². The number of rotatable bonds is 7. The van der Waals surface area contributed by atoms with Crippen molar-refractivity contribution in [2.24, 2.45) is 0 Å². The molecular weight excluding hydrogens is 675 g/mol. The highest BCUT2D eigenvalue weighted by atomic mass is 14.6. The van der Waals surface area contributed by atoms with Gasteiger partial charge >= 0.3 is 0 Å². The van der Waals surface area contributed by atoms with E-state index < -0.39 is 0 Å². The van der Waals surface area contributed by atoms with Crippen LogP contribution in [0.1, 0.15) is 91.5 Å². The van der Waals surface area contributed by atoms with E-state index in [9.17, 15) is 0 Å². The summed E-state index contributed by atoms with van der Waals surface area (Å²) in [5, 5.41) is 0. The Hall–Kier alpha value is -5.53. The number of aromatic nitrogens is 1. The van der Waals surface area contributed by atoms with E-state index in [-0.39, 0.29) is 16.2 Å². The molecular formula is C55H57N. The number of hydrogen-bond acceptors (Lipinski definition) is 1. The SMILES string of the molecule is CCc1ccc(-c2cc(-c3ccc(C(C)(C)C)cc3)cc(-c3cncc(-c4cc(-c5ccc(C(C)(C)C)cc5)cc(-c5ccc(C(C)(C)C)cc5)c4)c3)c2)cc1. The van der Waals surface area contributed by atoms with Gasteiger partial charge in [-0.3, -0.25) is 4.98 Å². The van der Waals surface area contributed by atoms with Crippen molar-refractivity contribution < 1.29 is 0 Å². The highest BCUT2D eigenvalue weighted by Gasteiger charge is 2.17. The van der Waals surface area contributed by atoms with Crippen molar-refractivity contribution in [1.82, 2.24) is 4.98 Å². The molecule has 1 aromatic heterocycles. The fraction of sp³-hybridized carbons (Fsp3) is 0.255. The second kappa shape index (κ2) is 15.2. The topological polar surface area (TPSA) is 12.9 Å². The van der Waals surface area contributed by atoms with Gasteiger partial charge in [0.25, 0.3) is 0 Å². The van der Waals surface area contributed by atoms with E-state index in [1.165, 1.54) is 66.8 Å². The number of aryl methyl sites for hydroxylation is 1. The molecule has 56 heavy (non-hydrogen) atoms. The highest BCUT2D eigenvalue weighted by molar-refractivity contribution is 5.85. The molecule has 0 aliphatic heterocycles. The standard InChI is InChI=1S/C55H57N/c1-11-37-12-14-38(15-13-37)42-28-43(39-16-22-50(23-17-39)53(2,3)4)31-46(30-42)48-34-49(36-56-35-48)47-32-44(40-18-24-51(25-19-40)54(5,6)7)29-45(33-47)41-20-26-52(27-21-41)55(8,9)10/h12-36H,11H2,1-10H3. The molecule has 0 radical (unpaired) electrons. The van der Waals surface area contributed by atoms with Crippen LogP contribution in [0.2, 0.25) is 0 Å². The summed E-state index contributed by atoms with van der Waals surface area (Å²) in [5.41, 5.74) is 19.8. The van der Waals surface area contributed by atoms with E-state index in [2.05, 4.69) is 209 Å². The second-order valence-electron chi connectivity index (χ2n) is 18.6. The summed E-state index contributed by atoms with van der Waals surface area (Å²) in [4.78, 5) is 4.89. The fourth-order valence-electron chi connectivity index (χ4n) is 7.43. The molecule has 0 unspecified atom stereocenters. The monoisotopic (exact) mass is 731 g/mol. The van der Waals surface area contributed by atoms with E-state index in [1.54, 1.807) is 0 Å². The maximum atomic E-state index is 4.89. The van der Waals surface area contributed by atoms with Gasteiger partial charge in [-0.2, -0.15) is 0 Å². The van der Waals surface area contributed by atoms with Crippen molar-refractivity contribution >= 4 is 0 Å². The molecule has 1 heterocycles. The lowest BCUT2D eigenvalue weighted by Crippen LogP contribution is -2.10. The average Bonchev–Trinajstić information content (AvgIpc) is 3.20. The first-order chi connectivity index (χ1) is 26.5. The van der Waals surface area contributed by atoms with Crippen molar-refractivity contribution in [3.63, 3.8) is 0 Å². The Kier molecular flexibility index (Phi) is 10.5. The number of nitrogens with zero attached hydrogens (tertiary/aromatic N) is 1. The van der Waals surface area contributed by atoms with Crippen LogP contribution in [-0.2, 0) is 22.7 Å². The summed E-state index contributed by atoms with van der Waals surface area (Å²) in [6.45, 7) is 22.6. The van der Waals surface area contributed by atoms with Gasteiger partial charge in [0, 0.05) is 23.5 Å². The molecule has 0 aliphatic rings. The van der Waals surface area contributed by atoms with Crippen LogP contribution in [0.15, 0.2) is 152 Å². The summed E-state index contributed by atoms with van der Waals surface area (Å²) in [6, 6.07) is 52.6. The first-order valence-corrected chi connectivity index (χ1v) is 20.2. The third-order valence-corrected chi connectivity index (χ3v) is 11.2. The number of hydrogen-bond donors (Lipinski definition) is 0. The first-order valence-electron chi connectivity index (χ1n) is 20.2. The van der Waals surface area contributed by atoms with Gasteiger partial charge in [0.05, 0.1) is 0 Å². The first kappa shape index (κ1) is 38.7. The zero-order valence-electron chi connectivity index (χ0n) is 35.1. The Bertz CT molecular complexity index is 2370. The molecule has 0 fully saturated rings. The molecule has 7 aromatic rings. The van der Waals surface area contributed by atoms with E-state index in [0.717, 1.165) is 28.7 Å². The Morgan fingerprint density at radius 2 is 0.536 bits per heavy atom. The van der Waals surface area contributed by atoms with Crippen LogP contribution in [-0.4, -0.2) is 4.98 Å². The minimum atomic E-state index is 0.0957. The van der Waals surface area contributed by atoms with E-state index in [4.69, 9.17) is 4.98 Å². The van der Waals surface area contributed by atoms with Crippen molar-refractivity contribution in [2.75, 3.05) is 0 Å². The maximum absolute atomic E-state index is 4.89. The van der Waals surface area contributed by atoms with Gasteiger partial charge in [-0.15, -0.1) is 0 Å². The zero-order chi connectivity index (χ0) is 39.8. The van der Waals surface area contributed by atoms with E-state index >= 15 is 0 Å². The lowest BCUT2D eigenvalue weighted by atomic mass is 9.85. The summed E-state index contributed by atoms with van der Waals surface area (Å²) in [6.07, 6.45) is 5.05. The van der Waals surface area contributed by atoms with Crippen LogP contribution in [0.3, 0.4) is 0 Å². The summed E-state index contributed by atoms with van der Waals surface area (Å²) < 4.78 is 0. The van der Waals surface area contributed by atoms with Gasteiger partial charge < -0.3 is 0 Å². The molecule has 1 nitrogen and oxygen atoms in total. The largest absolute Gasteiger partial charge is 0.263 e. The lowest BCUT2D eigenvalue weighted by molar-refractivity contribution is 0.590. The van der Waals surface area contributed by atoms with Gasteiger partial charge in [-0.1, -0.05) is 166 Å². The normalized spacial score (nSPS) is 12.2. The molecule has 6 aromatic carbocycles. The Balaban J connectivity index is 1.35. The molecule has 7 rings (SSSR count). The van der Waals surface area contributed by atoms with Crippen molar-refractivity contribution in [3.8, 4) is 66.8 Å². The van der Waals surface area contributed by atoms with Gasteiger partial charge in [0.1, 0.15) is 0 Å². The molecule has 0 N–H and O–H groups in total. The summed E-state index contributed by atoms with van der Waals surface area (Å²) >= 11 is 0.